The number of allylic oxidation sites excluding steroid dienone is 1. The summed E-state index contributed by atoms with van der Waals surface area (Å²) >= 11 is 0. The highest BCUT2D eigenvalue weighted by atomic mass is 35.5. The van der Waals surface area contributed by atoms with Gasteiger partial charge >= 0.3 is 0 Å². The Hall–Kier alpha value is -2.51. The van der Waals surface area contributed by atoms with Gasteiger partial charge in [0.05, 0.1) is 7.11 Å². The molecule has 178 valence electrons. The molecule has 1 aromatic carbocycles. The van der Waals surface area contributed by atoms with E-state index >= 15 is 0 Å². The highest BCUT2D eigenvalue weighted by Crippen LogP contribution is 2.30. The van der Waals surface area contributed by atoms with Crippen LogP contribution < -0.4 is 25.4 Å². The lowest BCUT2D eigenvalue weighted by molar-refractivity contribution is -0.127. The van der Waals surface area contributed by atoms with E-state index in [1.807, 2.05) is 52.0 Å². The third kappa shape index (κ3) is 7.28. The molecule has 7 nitrogen and oxygen atoms in total. The molecule has 0 fully saturated rings. The van der Waals surface area contributed by atoms with Gasteiger partial charge in [-0.15, -0.1) is 19.0 Å². The van der Waals surface area contributed by atoms with Crippen LogP contribution >= 0.6 is 12.4 Å². The highest BCUT2D eigenvalue weighted by Gasteiger charge is 2.39. The third-order valence-corrected chi connectivity index (χ3v) is 5.05. The van der Waals surface area contributed by atoms with Crippen molar-refractivity contribution in [3.63, 3.8) is 0 Å². The molecule has 0 aliphatic carbocycles. The highest BCUT2D eigenvalue weighted by molar-refractivity contribution is 5.96. The number of benzene rings is 1. The van der Waals surface area contributed by atoms with E-state index in [9.17, 15) is 9.59 Å². The van der Waals surface area contributed by atoms with E-state index in [1.165, 1.54) is 0 Å². The molecule has 2 rings (SSSR count). The van der Waals surface area contributed by atoms with Crippen LogP contribution in [0.25, 0.3) is 0 Å². The van der Waals surface area contributed by atoms with Crippen molar-refractivity contribution in [2.24, 2.45) is 0 Å². The Kier molecular flexibility index (Phi) is 9.79. The van der Waals surface area contributed by atoms with Crippen molar-refractivity contribution in [1.82, 2.24) is 16.0 Å². The van der Waals surface area contributed by atoms with Crippen LogP contribution in [0.4, 0.5) is 0 Å². The SMILES string of the molecule is C=CCc1ccc(OC(C)C(=O)NCCNC(=O)C2=CC(C)(C)NC2(C)C)c(OC)c1.Cl. The van der Waals surface area contributed by atoms with Crippen molar-refractivity contribution in [2.75, 3.05) is 20.2 Å². The normalized spacial score (nSPS) is 16.8. The van der Waals surface area contributed by atoms with Crippen molar-refractivity contribution in [2.45, 2.75) is 58.2 Å². The first-order valence-electron chi connectivity index (χ1n) is 10.5. The lowest BCUT2D eigenvalue weighted by Gasteiger charge is -2.27. The molecule has 0 bridgehead atoms. The number of carbonyl (C=O) groups is 2. The van der Waals surface area contributed by atoms with Crippen molar-refractivity contribution >= 4 is 24.2 Å². The molecule has 2 amide bonds. The minimum atomic E-state index is -0.712. The fourth-order valence-electron chi connectivity index (χ4n) is 3.75. The topological polar surface area (TPSA) is 88.7 Å². The standard InChI is InChI=1S/C24H35N3O4.ClH/c1-8-9-17-10-11-19(20(14-17)30-7)31-16(2)21(28)25-12-13-26-22(29)18-15-23(3,4)27-24(18,5)6;/h8,10-11,14-16,27H,1,9,12-13H2,2-7H3,(H,25,28)(H,26,29);1H. The molecule has 0 aromatic heterocycles. The summed E-state index contributed by atoms with van der Waals surface area (Å²) in [5.74, 6) is 0.660. The van der Waals surface area contributed by atoms with Crippen LogP contribution in [0.3, 0.4) is 0 Å². The van der Waals surface area contributed by atoms with E-state index in [0.29, 0.717) is 30.2 Å². The second-order valence-corrected chi connectivity index (χ2v) is 8.81. The van der Waals surface area contributed by atoms with Gasteiger partial charge in [-0.1, -0.05) is 18.2 Å². The number of halogens is 1. The monoisotopic (exact) mass is 465 g/mol. The van der Waals surface area contributed by atoms with Crippen molar-refractivity contribution in [3.8, 4) is 11.5 Å². The fourth-order valence-corrected chi connectivity index (χ4v) is 3.75. The molecule has 1 aromatic rings. The van der Waals surface area contributed by atoms with Crippen LogP contribution in [0.1, 0.15) is 40.2 Å². The lowest BCUT2D eigenvalue weighted by atomic mass is 9.96. The molecular weight excluding hydrogens is 430 g/mol. The minimum absolute atomic E-state index is 0. The van der Waals surface area contributed by atoms with Crippen molar-refractivity contribution in [3.05, 3.63) is 48.1 Å². The number of ether oxygens (including phenoxy) is 2. The van der Waals surface area contributed by atoms with Gasteiger partial charge in [0, 0.05) is 29.7 Å². The zero-order chi connectivity index (χ0) is 23.2. The van der Waals surface area contributed by atoms with Crippen LogP contribution in [0.2, 0.25) is 0 Å². The molecule has 0 saturated heterocycles. The molecule has 3 N–H and O–H groups in total. The molecule has 8 heteroatoms. The fraction of sp³-hybridized carbons (Fsp3) is 0.500. The van der Waals surface area contributed by atoms with Gasteiger partial charge in [-0.2, -0.15) is 0 Å². The zero-order valence-electron chi connectivity index (χ0n) is 19.8. The van der Waals surface area contributed by atoms with Gasteiger partial charge in [-0.25, -0.2) is 0 Å². The zero-order valence-corrected chi connectivity index (χ0v) is 20.7. The third-order valence-electron chi connectivity index (χ3n) is 5.05. The van der Waals surface area contributed by atoms with Crippen LogP contribution in [0.15, 0.2) is 42.5 Å². The molecule has 1 aliphatic heterocycles. The molecule has 1 atom stereocenters. The number of hydrogen-bond acceptors (Lipinski definition) is 5. The van der Waals surface area contributed by atoms with Crippen LogP contribution in [-0.4, -0.2) is 49.2 Å². The number of methoxy groups -OCH3 is 1. The molecule has 32 heavy (non-hydrogen) atoms. The van der Waals surface area contributed by atoms with E-state index < -0.39 is 11.6 Å². The Labute approximate surface area is 197 Å². The van der Waals surface area contributed by atoms with Crippen molar-refractivity contribution in [1.29, 1.82) is 0 Å². The number of amides is 2. The average Bonchev–Trinajstić information content (AvgIpc) is 2.93. The molecular formula is C24H36ClN3O4. The van der Waals surface area contributed by atoms with Gasteiger partial charge in [0.25, 0.3) is 5.91 Å². The summed E-state index contributed by atoms with van der Waals surface area (Å²) in [6.07, 6.45) is 3.77. The smallest absolute Gasteiger partial charge is 0.260 e. The summed E-state index contributed by atoms with van der Waals surface area (Å²) < 4.78 is 11.1. The lowest BCUT2D eigenvalue weighted by Crippen LogP contribution is -2.48. The Morgan fingerprint density at radius 3 is 2.38 bits per heavy atom. The van der Waals surface area contributed by atoms with E-state index in [4.69, 9.17) is 9.47 Å². The Balaban J connectivity index is 0.00000512. The second-order valence-electron chi connectivity index (χ2n) is 8.81. The maximum Gasteiger partial charge on any atom is 0.260 e. The molecule has 0 saturated carbocycles. The molecule has 1 aliphatic rings. The molecule has 1 heterocycles. The predicted octanol–water partition coefficient (Wildman–Crippen LogP) is 2.93. The number of rotatable bonds is 10. The van der Waals surface area contributed by atoms with Gasteiger partial charge in [-0.3, -0.25) is 14.9 Å². The van der Waals surface area contributed by atoms with E-state index in [0.717, 1.165) is 12.0 Å². The van der Waals surface area contributed by atoms with Gasteiger partial charge in [0.15, 0.2) is 17.6 Å². The quantitative estimate of drug-likeness (QED) is 0.365. The Morgan fingerprint density at radius 2 is 1.81 bits per heavy atom. The largest absolute Gasteiger partial charge is 0.493 e. The summed E-state index contributed by atoms with van der Waals surface area (Å²) in [7, 11) is 1.56. The average molecular weight is 466 g/mol. The summed E-state index contributed by atoms with van der Waals surface area (Å²) in [4.78, 5) is 24.9. The van der Waals surface area contributed by atoms with Gasteiger partial charge in [-0.05, 0) is 58.7 Å². The van der Waals surface area contributed by atoms with Gasteiger partial charge in [0.1, 0.15) is 0 Å². The van der Waals surface area contributed by atoms with Crippen molar-refractivity contribution < 1.29 is 19.1 Å². The summed E-state index contributed by atoms with van der Waals surface area (Å²) in [5, 5.41) is 9.07. The van der Waals surface area contributed by atoms with Gasteiger partial charge < -0.3 is 20.1 Å². The van der Waals surface area contributed by atoms with Crippen LogP contribution in [0.5, 0.6) is 11.5 Å². The summed E-state index contributed by atoms with van der Waals surface area (Å²) in [6, 6.07) is 5.57. The first-order chi connectivity index (χ1) is 14.5. The number of nitrogens with one attached hydrogen (secondary N) is 3. The summed E-state index contributed by atoms with van der Waals surface area (Å²) in [6.45, 7) is 14.0. The number of hydrogen-bond donors (Lipinski definition) is 3. The maximum atomic E-state index is 12.5. The molecule has 0 spiro atoms. The maximum absolute atomic E-state index is 12.5. The molecule has 0 radical (unpaired) electrons. The predicted molar refractivity (Wildman–Crippen MR) is 130 cm³/mol. The Bertz CT molecular complexity index is 865. The first-order valence-corrected chi connectivity index (χ1v) is 10.5. The van der Waals surface area contributed by atoms with Crippen LogP contribution in [0, 0.1) is 0 Å². The number of carbonyl (C=O) groups excluding carboxylic acids is 2. The van der Waals surface area contributed by atoms with Crippen LogP contribution in [-0.2, 0) is 16.0 Å². The summed E-state index contributed by atoms with van der Waals surface area (Å²) in [5.41, 5.74) is 1.11. The van der Waals surface area contributed by atoms with E-state index in [-0.39, 0.29) is 29.8 Å². The Morgan fingerprint density at radius 1 is 1.16 bits per heavy atom. The van der Waals surface area contributed by atoms with E-state index in [1.54, 1.807) is 20.1 Å². The first kappa shape index (κ1) is 27.5. The minimum Gasteiger partial charge on any atom is -0.493 e. The second kappa shape index (κ2) is 11.4. The van der Waals surface area contributed by atoms with E-state index in [2.05, 4.69) is 22.5 Å². The van der Waals surface area contributed by atoms with Gasteiger partial charge in [0.2, 0.25) is 5.91 Å². The molecule has 1 unspecified atom stereocenters.